The molecule has 134 valence electrons. The minimum atomic E-state index is -0.320. The van der Waals surface area contributed by atoms with Crippen LogP contribution in [-0.2, 0) is 9.53 Å². The van der Waals surface area contributed by atoms with Crippen molar-refractivity contribution in [3.63, 3.8) is 0 Å². The molecule has 1 aromatic heterocycles. The fourth-order valence-corrected chi connectivity index (χ4v) is 3.47. The van der Waals surface area contributed by atoms with Crippen LogP contribution < -0.4 is 0 Å². The Labute approximate surface area is 162 Å². The number of aromatic nitrogens is 1. The van der Waals surface area contributed by atoms with Crippen LogP contribution in [0.3, 0.4) is 0 Å². The molecule has 0 amide bonds. The summed E-state index contributed by atoms with van der Waals surface area (Å²) in [7, 11) is 0. The number of carbonyl (C=O) groups is 1. The second-order valence-electron chi connectivity index (χ2n) is 5.67. The minimum Gasteiger partial charge on any atom is -0.465 e. The number of nitrogens with zero attached hydrogens (tertiary/aromatic N) is 2. The molecule has 0 atom stereocenters. The van der Waals surface area contributed by atoms with Gasteiger partial charge in [0.2, 0.25) is 0 Å². The normalized spacial score (nSPS) is 10.2. The first-order valence-electron chi connectivity index (χ1n) is 8.57. The van der Waals surface area contributed by atoms with Gasteiger partial charge in [0.15, 0.2) is 0 Å². The van der Waals surface area contributed by atoms with E-state index in [-0.39, 0.29) is 11.7 Å². The Hall–Kier alpha value is -3.10. The summed E-state index contributed by atoms with van der Waals surface area (Å²) < 4.78 is 5.00. The Balaban J connectivity index is 2.10. The molecule has 1 heterocycles. The molecule has 0 bridgehead atoms. The summed E-state index contributed by atoms with van der Waals surface area (Å²) in [5.41, 5.74) is 3.93. The minimum absolute atomic E-state index is 0.113. The number of nitriles is 1. The predicted octanol–water partition coefficient (Wildman–Crippen LogP) is 4.94. The zero-order chi connectivity index (χ0) is 19.1. The Morgan fingerprint density at radius 3 is 2.30 bits per heavy atom. The van der Waals surface area contributed by atoms with Crippen molar-refractivity contribution in [2.24, 2.45) is 0 Å². The van der Waals surface area contributed by atoms with Crippen molar-refractivity contribution in [1.29, 1.82) is 5.26 Å². The molecular weight excluding hydrogens is 356 g/mol. The molecule has 0 N–H and O–H groups in total. The summed E-state index contributed by atoms with van der Waals surface area (Å²) >= 11 is 1.23. The predicted molar refractivity (Wildman–Crippen MR) is 107 cm³/mol. The Morgan fingerprint density at radius 2 is 1.70 bits per heavy atom. The molecule has 2 aromatic carbocycles. The summed E-state index contributed by atoms with van der Waals surface area (Å²) in [5.74, 6) is -0.207. The Bertz CT molecular complexity index is 967. The van der Waals surface area contributed by atoms with Crippen LogP contribution in [-0.4, -0.2) is 23.3 Å². The number of esters is 1. The standard InChI is InChI=1S/C22H18N2O2S/c1-2-26-21(25)15-27-22-19(14-23)18(16-9-5-3-6-10-16)13-20(24-22)17-11-7-4-8-12-17/h3-13H,2,15H2,1H3. The number of benzene rings is 2. The number of pyridine rings is 1. The summed E-state index contributed by atoms with van der Waals surface area (Å²) in [4.78, 5) is 16.4. The smallest absolute Gasteiger partial charge is 0.316 e. The Kier molecular flexibility index (Phi) is 6.24. The van der Waals surface area contributed by atoms with Crippen molar-refractivity contribution in [1.82, 2.24) is 4.98 Å². The van der Waals surface area contributed by atoms with Gasteiger partial charge in [0.25, 0.3) is 0 Å². The third-order valence-electron chi connectivity index (χ3n) is 3.88. The third-order valence-corrected chi connectivity index (χ3v) is 4.83. The molecule has 0 aliphatic heterocycles. The van der Waals surface area contributed by atoms with Gasteiger partial charge in [-0.1, -0.05) is 72.4 Å². The van der Waals surface area contributed by atoms with Gasteiger partial charge in [-0.25, -0.2) is 4.98 Å². The first kappa shape index (κ1) is 18.7. The molecule has 3 aromatic rings. The van der Waals surface area contributed by atoms with Crippen molar-refractivity contribution >= 4 is 17.7 Å². The van der Waals surface area contributed by atoms with Crippen molar-refractivity contribution in [2.45, 2.75) is 11.9 Å². The van der Waals surface area contributed by atoms with Gasteiger partial charge in [0.05, 0.1) is 23.6 Å². The third kappa shape index (κ3) is 4.55. The molecule has 3 rings (SSSR count). The number of hydrogen-bond donors (Lipinski definition) is 0. The number of hydrogen-bond acceptors (Lipinski definition) is 5. The fraction of sp³-hybridized carbons (Fsp3) is 0.136. The number of rotatable bonds is 6. The van der Waals surface area contributed by atoms with E-state index in [4.69, 9.17) is 4.74 Å². The lowest BCUT2D eigenvalue weighted by Crippen LogP contribution is -2.07. The molecule has 0 radical (unpaired) electrons. The van der Waals surface area contributed by atoms with E-state index in [2.05, 4.69) is 11.1 Å². The maximum Gasteiger partial charge on any atom is 0.316 e. The van der Waals surface area contributed by atoms with E-state index in [0.29, 0.717) is 17.2 Å². The highest BCUT2D eigenvalue weighted by molar-refractivity contribution is 7.99. The van der Waals surface area contributed by atoms with Gasteiger partial charge < -0.3 is 4.74 Å². The highest BCUT2D eigenvalue weighted by Gasteiger charge is 2.17. The molecule has 0 unspecified atom stereocenters. The topological polar surface area (TPSA) is 63.0 Å². The van der Waals surface area contributed by atoms with E-state index >= 15 is 0 Å². The van der Waals surface area contributed by atoms with Crippen LogP contribution in [0.15, 0.2) is 71.8 Å². The fourth-order valence-electron chi connectivity index (χ4n) is 2.67. The first-order chi connectivity index (χ1) is 13.2. The van der Waals surface area contributed by atoms with E-state index in [0.717, 1.165) is 22.4 Å². The van der Waals surface area contributed by atoms with Gasteiger partial charge >= 0.3 is 5.97 Å². The van der Waals surface area contributed by atoms with Crippen LogP contribution in [0.4, 0.5) is 0 Å². The maximum atomic E-state index is 11.8. The Morgan fingerprint density at radius 1 is 1.07 bits per heavy atom. The molecule has 0 saturated carbocycles. The lowest BCUT2D eigenvalue weighted by atomic mass is 9.99. The average molecular weight is 374 g/mol. The van der Waals surface area contributed by atoms with Gasteiger partial charge in [0, 0.05) is 11.1 Å². The summed E-state index contributed by atoms with van der Waals surface area (Å²) in [6, 6.07) is 23.7. The molecule has 0 aliphatic carbocycles. The lowest BCUT2D eigenvalue weighted by Gasteiger charge is -2.12. The van der Waals surface area contributed by atoms with E-state index in [1.165, 1.54) is 11.8 Å². The van der Waals surface area contributed by atoms with Crippen molar-refractivity contribution in [3.8, 4) is 28.5 Å². The monoisotopic (exact) mass is 374 g/mol. The van der Waals surface area contributed by atoms with E-state index in [1.807, 2.05) is 66.7 Å². The van der Waals surface area contributed by atoms with Crippen LogP contribution in [0.5, 0.6) is 0 Å². The lowest BCUT2D eigenvalue weighted by molar-refractivity contribution is -0.139. The molecule has 27 heavy (non-hydrogen) atoms. The van der Waals surface area contributed by atoms with Gasteiger partial charge in [-0.05, 0) is 18.6 Å². The molecule has 0 spiro atoms. The van der Waals surface area contributed by atoms with Crippen LogP contribution in [0, 0.1) is 11.3 Å². The number of thioether (sulfide) groups is 1. The average Bonchev–Trinajstić information content (AvgIpc) is 2.73. The van der Waals surface area contributed by atoms with Crippen LogP contribution in [0.25, 0.3) is 22.4 Å². The highest BCUT2D eigenvalue weighted by atomic mass is 32.2. The molecule has 0 aliphatic rings. The first-order valence-corrected chi connectivity index (χ1v) is 9.56. The van der Waals surface area contributed by atoms with Crippen LogP contribution in [0.1, 0.15) is 12.5 Å². The number of ether oxygens (including phenoxy) is 1. The van der Waals surface area contributed by atoms with E-state index < -0.39 is 0 Å². The second kappa shape index (κ2) is 9.02. The van der Waals surface area contributed by atoms with Gasteiger partial charge in [-0.3, -0.25) is 4.79 Å². The molecule has 0 saturated heterocycles. The SMILES string of the molecule is CCOC(=O)CSc1nc(-c2ccccc2)cc(-c2ccccc2)c1C#N. The maximum absolute atomic E-state index is 11.8. The summed E-state index contributed by atoms with van der Waals surface area (Å²) in [5, 5.41) is 10.3. The molecule has 5 heteroatoms. The molecular formula is C22H18N2O2S. The van der Waals surface area contributed by atoms with Crippen molar-refractivity contribution < 1.29 is 9.53 Å². The quantitative estimate of drug-likeness (QED) is 0.451. The van der Waals surface area contributed by atoms with E-state index in [1.54, 1.807) is 6.92 Å². The van der Waals surface area contributed by atoms with E-state index in [9.17, 15) is 10.1 Å². The summed E-state index contributed by atoms with van der Waals surface area (Å²) in [6.07, 6.45) is 0. The van der Waals surface area contributed by atoms with Crippen LogP contribution in [0.2, 0.25) is 0 Å². The van der Waals surface area contributed by atoms with Gasteiger partial charge in [0.1, 0.15) is 11.1 Å². The number of carbonyl (C=O) groups excluding carboxylic acids is 1. The zero-order valence-electron chi connectivity index (χ0n) is 14.9. The summed E-state index contributed by atoms with van der Waals surface area (Å²) in [6.45, 7) is 2.10. The highest BCUT2D eigenvalue weighted by Crippen LogP contribution is 2.34. The van der Waals surface area contributed by atoms with Gasteiger partial charge in [-0.15, -0.1) is 0 Å². The molecule has 4 nitrogen and oxygen atoms in total. The van der Waals surface area contributed by atoms with Gasteiger partial charge in [-0.2, -0.15) is 5.26 Å². The van der Waals surface area contributed by atoms with Crippen LogP contribution >= 0.6 is 11.8 Å². The van der Waals surface area contributed by atoms with Crippen molar-refractivity contribution in [2.75, 3.05) is 12.4 Å². The van der Waals surface area contributed by atoms with Crippen molar-refractivity contribution in [3.05, 3.63) is 72.3 Å². The second-order valence-corrected chi connectivity index (χ2v) is 6.64. The molecule has 0 fully saturated rings. The zero-order valence-corrected chi connectivity index (χ0v) is 15.7. The largest absolute Gasteiger partial charge is 0.465 e.